The number of rotatable bonds is 6. The van der Waals surface area contributed by atoms with Gasteiger partial charge in [0, 0.05) is 5.39 Å². The zero-order valence-electron chi connectivity index (χ0n) is 15.6. The van der Waals surface area contributed by atoms with Gasteiger partial charge in [-0.3, -0.25) is 4.79 Å². The lowest BCUT2D eigenvalue weighted by molar-refractivity contribution is -0.123. The molecule has 0 aromatic heterocycles. The van der Waals surface area contributed by atoms with Crippen LogP contribution in [0.25, 0.3) is 10.8 Å². The summed E-state index contributed by atoms with van der Waals surface area (Å²) in [6.45, 7) is 3.77. The minimum atomic E-state index is -1.06. The van der Waals surface area contributed by atoms with Gasteiger partial charge in [0.2, 0.25) is 0 Å². The number of carbonyl (C=O) groups excluding carboxylic acids is 2. The van der Waals surface area contributed by atoms with E-state index in [2.05, 4.69) is 5.32 Å². The highest BCUT2D eigenvalue weighted by Crippen LogP contribution is 2.29. The molecule has 0 unspecified atom stereocenters. The molecule has 1 atom stereocenters. The second kappa shape index (κ2) is 8.43. The highest BCUT2D eigenvalue weighted by molar-refractivity contribution is 6.03. The van der Waals surface area contributed by atoms with Crippen molar-refractivity contribution in [3.8, 4) is 11.5 Å². The Kier molecular flexibility index (Phi) is 5.79. The zero-order chi connectivity index (χ0) is 20.1. The molecule has 0 fully saturated rings. The summed E-state index contributed by atoms with van der Waals surface area (Å²) < 4.78 is 10.7. The lowest BCUT2D eigenvalue weighted by Crippen LogP contribution is -2.30. The fourth-order valence-corrected chi connectivity index (χ4v) is 2.78. The fraction of sp³-hybridized carbons (Fsp3) is 0.182. The largest absolute Gasteiger partial charge is 0.506 e. The third-order valence-corrected chi connectivity index (χ3v) is 4.22. The predicted octanol–water partition coefficient (Wildman–Crippen LogP) is 4.13. The Hall–Kier alpha value is -3.54. The van der Waals surface area contributed by atoms with E-state index >= 15 is 0 Å². The fourth-order valence-electron chi connectivity index (χ4n) is 2.78. The molecule has 2 N–H and O–H groups in total. The van der Waals surface area contributed by atoms with E-state index in [9.17, 15) is 14.7 Å². The topological polar surface area (TPSA) is 84.9 Å². The molecule has 0 radical (unpaired) electrons. The zero-order valence-corrected chi connectivity index (χ0v) is 15.6. The van der Waals surface area contributed by atoms with Gasteiger partial charge in [-0.25, -0.2) is 4.79 Å². The molecular formula is C22H21NO5. The van der Waals surface area contributed by atoms with Gasteiger partial charge in [-0.1, -0.05) is 42.5 Å². The number of ether oxygens (including phenoxy) is 2. The standard InChI is InChI=1S/C22H21NO5/c1-3-27-19-11-7-6-10-18(19)23-21(25)14(2)28-22(26)17-13-12-15-8-4-5-9-16(15)20(17)24/h4-14,24H,3H2,1-2H3,(H,23,25)/t14-/m1/s1. The van der Waals surface area contributed by atoms with Crippen LogP contribution in [0.2, 0.25) is 0 Å². The predicted molar refractivity (Wildman–Crippen MR) is 107 cm³/mol. The minimum absolute atomic E-state index is 0.00747. The molecule has 0 aliphatic carbocycles. The lowest BCUT2D eigenvalue weighted by Gasteiger charge is -2.16. The van der Waals surface area contributed by atoms with Crippen LogP contribution in [0, 0.1) is 0 Å². The number of hydrogen-bond donors (Lipinski definition) is 2. The normalized spacial score (nSPS) is 11.6. The molecular weight excluding hydrogens is 358 g/mol. The molecule has 144 valence electrons. The van der Waals surface area contributed by atoms with Gasteiger partial charge < -0.3 is 19.9 Å². The van der Waals surface area contributed by atoms with E-state index in [-0.39, 0.29) is 11.3 Å². The summed E-state index contributed by atoms with van der Waals surface area (Å²) in [5.74, 6) is -0.911. The van der Waals surface area contributed by atoms with Gasteiger partial charge in [0.25, 0.3) is 5.91 Å². The van der Waals surface area contributed by atoms with Gasteiger partial charge in [0.15, 0.2) is 6.10 Å². The number of aromatic hydroxyl groups is 1. The van der Waals surface area contributed by atoms with Crippen molar-refractivity contribution >= 4 is 28.3 Å². The average molecular weight is 379 g/mol. The Morgan fingerprint density at radius 2 is 1.75 bits per heavy atom. The summed E-state index contributed by atoms with van der Waals surface area (Å²) in [5.41, 5.74) is 0.499. The first-order valence-corrected chi connectivity index (χ1v) is 8.95. The van der Waals surface area contributed by atoms with E-state index in [1.807, 2.05) is 19.1 Å². The van der Waals surface area contributed by atoms with Crippen molar-refractivity contribution < 1.29 is 24.2 Å². The van der Waals surface area contributed by atoms with Crippen molar-refractivity contribution in [2.24, 2.45) is 0 Å². The first kappa shape index (κ1) is 19.2. The third-order valence-electron chi connectivity index (χ3n) is 4.22. The Balaban J connectivity index is 1.72. The van der Waals surface area contributed by atoms with Crippen LogP contribution in [0.5, 0.6) is 11.5 Å². The van der Waals surface area contributed by atoms with E-state index in [1.165, 1.54) is 13.0 Å². The van der Waals surface area contributed by atoms with Crippen LogP contribution < -0.4 is 10.1 Å². The number of fused-ring (bicyclic) bond motifs is 1. The van der Waals surface area contributed by atoms with E-state index in [4.69, 9.17) is 9.47 Å². The molecule has 6 heteroatoms. The summed E-state index contributed by atoms with van der Waals surface area (Å²) in [6.07, 6.45) is -1.06. The first-order valence-electron chi connectivity index (χ1n) is 8.95. The number of carbonyl (C=O) groups is 2. The van der Waals surface area contributed by atoms with Gasteiger partial charge >= 0.3 is 5.97 Å². The number of para-hydroxylation sites is 2. The molecule has 6 nitrogen and oxygen atoms in total. The van der Waals surface area contributed by atoms with Crippen LogP contribution in [-0.2, 0) is 9.53 Å². The Labute approximate surface area is 162 Å². The first-order chi connectivity index (χ1) is 13.5. The lowest BCUT2D eigenvalue weighted by atomic mass is 10.1. The van der Waals surface area contributed by atoms with Crippen molar-refractivity contribution in [2.75, 3.05) is 11.9 Å². The maximum atomic E-state index is 12.5. The van der Waals surface area contributed by atoms with Crippen molar-refractivity contribution in [3.63, 3.8) is 0 Å². The number of anilines is 1. The quantitative estimate of drug-likeness (QED) is 0.629. The second-order valence-electron chi connectivity index (χ2n) is 6.15. The maximum Gasteiger partial charge on any atom is 0.342 e. The smallest absolute Gasteiger partial charge is 0.342 e. The van der Waals surface area contributed by atoms with Crippen LogP contribution in [-0.4, -0.2) is 29.7 Å². The van der Waals surface area contributed by atoms with E-state index in [0.29, 0.717) is 23.4 Å². The van der Waals surface area contributed by atoms with Gasteiger partial charge in [0.05, 0.1) is 12.3 Å². The third kappa shape index (κ3) is 4.06. The Bertz CT molecular complexity index is 1010. The summed E-state index contributed by atoms with van der Waals surface area (Å²) in [6, 6.07) is 17.3. The molecule has 3 aromatic rings. The van der Waals surface area contributed by atoms with Gasteiger partial charge in [-0.2, -0.15) is 0 Å². The number of benzene rings is 3. The van der Waals surface area contributed by atoms with E-state index < -0.39 is 18.0 Å². The van der Waals surface area contributed by atoms with Crippen molar-refractivity contribution in [1.29, 1.82) is 0 Å². The highest BCUT2D eigenvalue weighted by atomic mass is 16.5. The SMILES string of the molecule is CCOc1ccccc1NC(=O)[C@@H](C)OC(=O)c1ccc2ccccc2c1O. The Morgan fingerprint density at radius 1 is 1.04 bits per heavy atom. The van der Waals surface area contributed by atoms with Crippen molar-refractivity contribution in [1.82, 2.24) is 0 Å². The number of phenolic OH excluding ortho intramolecular Hbond substituents is 1. The summed E-state index contributed by atoms with van der Waals surface area (Å²) >= 11 is 0. The van der Waals surface area contributed by atoms with Gasteiger partial charge in [0.1, 0.15) is 17.1 Å². The summed E-state index contributed by atoms with van der Waals surface area (Å²) in [4.78, 5) is 24.9. The molecule has 0 saturated carbocycles. The molecule has 3 rings (SSSR count). The molecule has 0 heterocycles. The van der Waals surface area contributed by atoms with Gasteiger partial charge in [-0.15, -0.1) is 0 Å². The van der Waals surface area contributed by atoms with Crippen LogP contribution >= 0.6 is 0 Å². The van der Waals surface area contributed by atoms with Crippen LogP contribution in [0.3, 0.4) is 0 Å². The Morgan fingerprint density at radius 3 is 2.54 bits per heavy atom. The highest BCUT2D eigenvalue weighted by Gasteiger charge is 2.22. The number of nitrogens with one attached hydrogen (secondary N) is 1. The number of phenols is 1. The van der Waals surface area contributed by atoms with Crippen molar-refractivity contribution in [3.05, 3.63) is 66.2 Å². The monoisotopic (exact) mass is 379 g/mol. The molecule has 0 bridgehead atoms. The van der Waals surface area contributed by atoms with Crippen LogP contribution in [0.4, 0.5) is 5.69 Å². The van der Waals surface area contributed by atoms with E-state index in [0.717, 1.165) is 5.39 Å². The van der Waals surface area contributed by atoms with Gasteiger partial charge in [-0.05, 0) is 37.4 Å². The molecule has 3 aromatic carbocycles. The molecule has 0 spiro atoms. The molecule has 0 aliphatic rings. The van der Waals surface area contributed by atoms with E-state index in [1.54, 1.807) is 42.5 Å². The number of hydrogen-bond acceptors (Lipinski definition) is 5. The molecule has 1 amide bonds. The molecule has 0 saturated heterocycles. The number of esters is 1. The molecule has 28 heavy (non-hydrogen) atoms. The number of amides is 1. The van der Waals surface area contributed by atoms with Crippen LogP contribution in [0.15, 0.2) is 60.7 Å². The molecule has 0 aliphatic heterocycles. The van der Waals surface area contributed by atoms with Crippen molar-refractivity contribution in [2.45, 2.75) is 20.0 Å². The summed E-state index contributed by atoms with van der Waals surface area (Å²) in [5, 5.41) is 14.4. The minimum Gasteiger partial charge on any atom is -0.506 e. The second-order valence-corrected chi connectivity index (χ2v) is 6.15. The maximum absolute atomic E-state index is 12.5. The summed E-state index contributed by atoms with van der Waals surface area (Å²) in [7, 11) is 0. The average Bonchev–Trinajstić information content (AvgIpc) is 2.70. The van der Waals surface area contributed by atoms with Crippen LogP contribution in [0.1, 0.15) is 24.2 Å².